The Morgan fingerprint density at radius 3 is 1.84 bits per heavy atom. The first-order valence-electron chi connectivity index (χ1n) is 9.35. The topological polar surface area (TPSA) is 46.5 Å². The molecule has 0 aliphatic rings. The summed E-state index contributed by atoms with van der Waals surface area (Å²) in [5.41, 5.74) is 2.90. The van der Waals surface area contributed by atoms with Crippen molar-refractivity contribution in [3.8, 4) is 16.9 Å². The summed E-state index contributed by atoms with van der Waals surface area (Å²) in [4.78, 5) is 0. The van der Waals surface area contributed by atoms with Crippen LogP contribution in [0.1, 0.15) is 11.1 Å². The van der Waals surface area contributed by atoms with Crippen molar-refractivity contribution in [3.05, 3.63) is 87.8 Å². The van der Waals surface area contributed by atoms with Crippen molar-refractivity contribution in [1.29, 1.82) is 0 Å². The highest BCUT2D eigenvalue weighted by molar-refractivity contribution is 9.10. The van der Waals surface area contributed by atoms with Gasteiger partial charge in [0.25, 0.3) is 0 Å². The third kappa shape index (κ3) is 3.75. The molecule has 0 bridgehead atoms. The molecule has 5 aromatic rings. The Morgan fingerprint density at radius 2 is 1.25 bits per heavy atom. The fourth-order valence-corrected chi connectivity index (χ4v) is 3.89. The number of benzene rings is 3. The summed E-state index contributed by atoms with van der Waals surface area (Å²) >= 11 is 3.09. The largest absolute Gasteiger partial charge is 0.508 e. The number of phenols is 1. The number of furan rings is 2. The van der Waals surface area contributed by atoms with Gasteiger partial charge in [-0.3, -0.25) is 0 Å². The predicted molar refractivity (Wildman–Crippen MR) is 117 cm³/mol. The summed E-state index contributed by atoms with van der Waals surface area (Å²) in [6.07, 6.45) is 2.80. The second-order valence-corrected chi connectivity index (χ2v) is 8.02. The SMILES string of the molecule is Cc1coc2c(-c3ccc(O)cc3)cc(F)c(F)c12.Cc1coc2c(Br)cc(F)c(F)c12. The number of phenolic OH excluding ortho intramolecular Hbond substituents is 1. The lowest BCUT2D eigenvalue weighted by molar-refractivity contribution is 0.475. The summed E-state index contributed by atoms with van der Waals surface area (Å²) in [6.45, 7) is 3.33. The Balaban J connectivity index is 0.000000165. The Hall–Kier alpha value is -3.26. The normalized spacial score (nSPS) is 11.1. The lowest BCUT2D eigenvalue weighted by Gasteiger charge is -2.05. The molecule has 5 rings (SSSR count). The van der Waals surface area contributed by atoms with Crippen molar-refractivity contribution >= 4 is 37.9 Å². The van der Waals surface area contributed by atoms with E-state index in [0.29, 0.717) is 37.9 Å². The van der Waals surface area contributed by atoms with Crippen LogP contribution in [0.25, 0.3) is 33.1 Å². The maximum atomic E-state index is 13.8. The van der Waals surface area contributed by atoms with E-state index in [0.717, 1.165) is 12.1 Å². The van der Waals surface area contributed by atoms with Crippen LogP contribution in [0.4, 0.5) is 17.6 Å². The van der Waals surface area contributed by atoms with Crippen LogP contribution in [0.3, 0.4) is 0 Å². The second-order valence-electron chi connectivity index (χ2n) is 7.17. The average Bonchev–Trinajstić information content (AvgIpc) is 3.34. The Labute approximate surface area is 188 Å². The lowest BCUT2D eigenvalue weighted by atomic mass is 10.0. The van der Waals surface area contributed by atoms with Crippen molar-refractivity contribution in [1.82, 2.24) is 0 Å². The van der Waals surface area contributed by atoms with E-state index in [9.17, 15) is 22.7 Å². The third-order valence-corrected chi connectivity index (χ3v) is 5.56. The van der Waals surface area contributed by atoms with Crippen LogP contribution in [0, 0.1) is 37.1 Å². The van der Waals surface area contributed by atoms with E-state index in [4.69, 9.17) is 8.83 Å². The molecule has 0 amide bonds. The maximum absolute atomic E-state index is 13.8. The molecule has 8 heteroatoms. The average molecular weight is 507 g/mol. The zero-order valence-corrected chi connectivity index (χ0v) is 18.4. The Kier molecular flexibility index (Phi) is 5.73. The van der Waals surface area contributed by atoms with Crippen molar-refractivity contribution in [2.45, 2.75) is 13.8 Å². The van der Waals surface area contributed by atoms with E-state index in [1.165, 1.54) is 24.7 Å². The van der Waals surface area contributed by atoms with Gasteiger partial charge in [-0.05, 0) is 70.7 Å². The summed E-state index contributed by atoms with van der Waals surface area (Å²) in [7, 11) is 0. The first kappa shape index (κ1) is 22.0. The van der Waals surface area contributed by atoms with E-state index in [1.54, 1.807) is 26.0 Å². The fraction of sp³-hybridized carbons (Fsp3) is 0.0833. The van der Waals surface area contributed by atoms with Gasteiger partial charge in [0.2, 0.25) is 0 Å². The molecule has 3 nitrogen and oxygen atoms in total. The molecule has 0 atom stereocenters. The molecular formula is C24H15BrF4O3. The van der Waals surface area contributed by atoms with Crippen molar-refractivity contribution in [2.24, 2.45) is 0 Å². The van der Waals surface area contributed by atoms with Gasteiger partial charge in [0.05, 0.1) is 27.8 Å². The molecule has 2 heterocycles. The summed E-state index contributed by atoms with van der Waals surface area (Å²) in [5.74, 6) is -3.43. The second kappa shape index (κ2) is 8.35. The standard InChI is InChI=1S/C15H10F2O2.C9H5BrF2O/c1-8-7-19-15-11(6-12(16)14(17)13(8)15)9-2-4-10(18)5-3-9;1-4-3-13-9-5(10)2-6(11)8(12)7(4)9/h2-7,18H,1H3;2-3H,1H3. The predicted octanol–water partition coefficient (Wildman–Crippen LogP) is 8.17. The smallest absolute Gasteiger partial charge is 0.170 e. The molecule has 0 spiro atoms. The molecule has 0 radical (unpaired) electrons. The lowest BCUT2D eigenvalue weighted by Crippen LogP contribution is -1.89. The Morgan fingerprint density at radius 1 is 0.750 bits per heavy atom. The zero-order valence-electron chi connectivity index (χ0n) is 16.8. The maximum Gasteiger partial charge on any atom is 0.170 e. The van der Waals surface area contributed by atoms with Gasteiger partial charge in [-0.25, -0.2) is 17.6 Å². The molecule has 164 valence electrons. The molecule has 3 aromatic carbocycles. The van der Waals surface area contributed by atoms with Crippen LogP contribution in [-0.2, 0) is 0 Å². The minimum atomic E-state index is -0.917. The van der Waals surface area contributed by atoms with Crippen molar-refractivity contribution in [2.75, 3.05) is 0 Å². The van der Waals surface area contributed by atoms with E-state index < -0.39 is 23.3 Å². The van der Waals surface area contributed by atoms with Gasteiger partial charge in [-0.1, -0.05) is 12.1 Å². The molecule has 0 saturated heterocycles. The fourth-order valence-electron chi connectivity index (χ4n) is 3.40. The molecule has 1 N–H and O–H groups in total. The summed E-state index contributed by atoms with van der Waals surface area (Å²) in [6, 6.07) is 8.38. The van der Waals surface area contributed by atoms with Gasteiger partial charge in [-0.2, -0.15) is 0 Å². The first-order chi connectivity index (χ1) is 15.2. The van der Waals surface area contributed by atoms with Gasteiger partial charge in [0, 0.05) is 5.56 Å². The molecule has 0 saturated carbocycles. The van der Waals surface area contributed by atoms with Crippen LogP contribution in [0.2, 0.25) is 0 Å². The van der Waals surface area contributed by atoms with Gasteiger partial charge < -0.3 is 13.9 Å². The van der Waals surface area contributed by atoms with Crippen molar-refractivity contribution < 1.29 is 31.5 Å². The Bertz CT molecular complexity index is 1450. The number of aromatic hydroxyl groups is 1. The highest BCUT2D eigenvalue weighted by Gasteiger charge is 2.18. The van der Waals surface area contributed by atoms with Crippen LogP contribution in [0.15, 0.2) is 62.2 Å². The highest BCUT2D eigenvalue weighted by atomic mass is 79.9. The number of fused-ring (bicyclic) bond motifs is 2. The molecule has 0 fully saturated rings. The van der Waals surface area contributed by atoms with Gasteiger partial charge in [0.1, 0.15) is 11.3 Å². The van der Waals surface area contributed by atoms with Crippen LogP contribution >= 0.6 is 15.9 Å². The molecule has 0 aliphatic carbocycles. The zero-order chi connectivity index (χ0) is 23.2. The summed E-state index contributed by atoms with van der Waals surface area (Å²) < 4.78 is 64.4. The van der Waals surface area contributed by atoms with Crippen LogP contribution in [-0.4, -0.2) is 5.11 Å². The molecule has 0 unspecified atom stereocenters. The number of halogens is 5. The van der Waals surface area contributed by atoms with Gasteiger partial charge in [0.15, 0.2) is 28.9 Å². The molecule has 0 aliphatic heterocycles. The number of rotatable bonds is 1. The van der Waals surface area contributed by atoms with Gasteiger partial charge in [-0.15, -0.1) is 0 Å². The van der Waals surface area contributed by atoms with E-state index in [-0.39, 0.29) is 16.5 Å². The number of hydrogen-bond acceptors (Lipinski definition) is 3. The van der Waals surface area contributed by atoms with E-state index in [2.05, 4.69) is 15.9 Å². The quantitative estimate of drug-likeness (QED) is 0.184. The molecule has 32 heavy (non-hydrogen) atoms. The number of aryl methyl sites for hydroxylation is 2. The molecule has 2 aromatic heterocycles. The summed E-state index contributed by atoms with van der Waals surface area (Å²) in [5, 5.41) is 9.62. The van der Waals surface area contributed by atoms with Gasteiger partial charge >= 0.3 is 0 Å². The van der Waals surface area contributed by atoms with E-state index >= 15 is 0 Å². The molecular weight excluding hydrogens is 492 g/mol. The van der Waals surface area contributed by atoms with Crippen LogP contribution in [0.5, 0.6) is 5.75 Å². The highest BCUT2D eigenvalue weighted by Crippen LogP contribution is 2.35. The first-order valence-corrected chi connectivity index (χ1v) is 10.1. The minimum Gasteiger partial charge on any atom is -0.508 e. The monoisotopic (exact) mass is 506 g/mol. The minimum absolute atomic E-state index is 0.109. The van der Waals surface area contributed by atoms with E-state index in [1.807, 2.05) is 0 Å². The third-order valence-electron chi connectivity index (χ3n) is 4.97. The number of hydrogen-bond donors (Lipinski definition) is 1. The van der Waals surface area contributed by atoms with Crippen molar-refractivity contribution in [3.63, 3.8) is 0 Å². The van der Waals surface area contributed by atoms with Crippen LogP contribution < -0.4 is 0 Å².